The number of aromatic nitrogens is 2. The second kappa shape index (κ2) is 6.69. The van der Waals surface area contributed by atoms with Gasteiger partial charge in [-0.15, -0.1) is 0 Å². The summed E-state index contributed by atoms with van der Waals surface area (Å²) in [6.07, 6.45) is 0.704. The quantitative estimate of drug-likeness (QED) is 0.914. The van der Waals surface area contributed by atoms with E-state index < -0.39 is 0 Å². The molecule has 0 bridgehead atoms. The van der Waals surface area contributed by atoms with Crippen LogP contribution in [0.3, 0.4) is 0 Å². The predicted octanol–water partition coefficient (Wildman–Crippen LogP) is 3.50. The first-order chi connectivity index (χ1) is 9.88. The van der Waals surface area contributed by atoms with Crippen LogP contribution < -0.4 is 10.5 Å². The highest BCUT2D eigenvalue weighted by atomic mass is 35.5. The fourth-order valence-electron chi connectivity index (χ4n) is 2.18. The third-order valence-corrected chi connectivity index (χ3v) is 3.91. The summed E-state index contributed by atoms with van der Waals surface area (Å²) in [6.45, 7) is 4.23. The van der Waals surface area contributed by atoms with E-state index in [0.29, 0.717) is 23.2 Å². The Labute approximate surface area is 134 Å². The second-order valence-electron chi connectivity index (χ2n) is 5.20. The van der Waals surface area contributed by atoms with E-state index in [9.17, 15) is 0 Å². The van der Waals surface area contributed by atoms with Crippen LogP contribution in [0.1, 0.15) is 23.7 Å². The van der Waals surface area contributed by atoms with Crippen molar-refractivity contribution in [1.29, 1.82) is 0 Å². The molecule has 2 aromatic rings. The minimum Gasteiger partial charge on any atom is -0.488 e. The maximum Gasteiger partial charge on any atom is 0.133 e. The van der Waals surface area contributed by atoms with Gasteiger partial charge in [-0.3, -0.25) is 4.68 Å². The molecule has 0 saturated carbocycles. The lowest BCUT2D eigenvalue weighted by Crippen LogP contribution is -2.18. The van der Waals surface area contributed by atoms with Crippen molar-refractivity contribution >= 4 is 23.2 Å². The molecular formula is C15H19Cl2N3O. The number of nitrogens with zero attached hydrogens (tertiary/aromatic N) is 2. The van der Waals surface area contributed by atoms with E-state index in [1.807, 2.05) is 33.0 Å². The normalized spacial score (nSPS) is 12.5. The molecule has 0 aliphatic rings. The summed E-state index contributed by atoms with van der Waals surface area (Å²) >= 11 is 12.2. The van der Waals surface area contributed by atoms with E-state index in [-0.39, 0.29) is 6.04 Å². The molecule has 1 aromatic heterocycles. The maximum atomic E-state index is 6.21. The minimum atomic E-state index is 0.0366. The summed E-state index contributed by atoms with van der Waals surface area (Å²) in [5, 5.41) is 5.54. The summed E-state index contributed by atoms with van der Waals surface area (Å²) in [5.74, 6) is 0.774. The Kier molecular flexibility index (Phi) is 5.14. The molecule has 1 atom stereocenters. The Morgan fingerprint density at radius 3 is 2.67 bits per heavy atom. The van der Waals surface area contributed by atoms with Crippen LogP contribution in [0.4, 0.5) is 0 Å². The molecule has 2 rings (SSSR count). The molecular weight excluding hydrogens is 309 g/mol. The number of benzene rings is 1. The highest BCUT2D eigenvalue weighted by Gasteiger charge is 2.13. The summed E-state index contributed by atoms with van der Waals surface area (Å²) in [5.41, 5.74) is 8.62. The second-order valence-corrected chi connectivity index (χ2v) is 5.99. The van der Waals surface area contributed by atoms with Gasteiger partial charge in [0.1, 0.15) is 17.5 Å². The monoisotopic (exact) mass is 327 g/mol. The first-order valence-corrected chi connectivity index (χ1v) is 7.49. The number of hydrogen-bond donors (Lipinski definition) is 1. The number of rotatable bonds is 5. The Morgan fingerprint density at radius 1 is 1.38 bits per heavy atom. The summed E-state index contributed by atoms with van der Waals surface area (Å²) in [6, 6.07) is 5.59. The SMILES string of the molecule is Cc1nn(C)c(Cl)c1COc1ccc(Cl)cc1CC(C)N. The fraction of sp³-hybridized carbons (Fsp3) is 0.400. The highest BCUT2D eigenvalue weighted by Crippen LogP contribution is 2.26. The molecule has 1 heterocycles. The van der Waals surface area contributed by atoms with Gasteiger partial charge in [-0.1, -0.05) is 23.2 Å². The van der Waals surface area contributed by atoms with Crippen molar-refractivity contribution < 1.29 is 4.74 Å². The molecule has 0 saturated heterocycles. The predicted molar refractivity (Wildman–Crippen MR) is 86.1 cm³/mol. The Morgan fingerprint density at radius 2 is 2.10 bits per heavy atom. The first kappa shape index (κ1) is 16.1. The zero-order valence-corrected chi connectivity index (χ0v) is 13.9. The maximum absolute atomic E-state index is 6.21. The standard InChI is InChI=1S/C15H19Cl2N3O/c1-9(18)6-11-7-12(16)4-5-14(11)21-8-13-10(2)19-20(3)15(13)17/h4-5,7,9H,6,8,18H2,1-3H3. The zero-order chi connectivity index (χ0) is 15.6. The Bertz CT molecular complexity index is 638. The van der Waals surface area contributed by atoms with Crippen LogP contribution in [0.2, 0.25) is 10.2 Å². The van der Waals surface area contributed by atoms with Crippen LogP contribution in [0.15, 0.2) is 18.2 Å². The van der Waals surface area contributed by atoms with Gasteiger partial charge in [-0.25, -0.2) is 0 Å². The van der Waals surface area contributed by atoms with Gasteiger partial charge < -0.3 is 10.5 Å². The van der Waals surface area contributed by atoms with Gasteiger partial charge in [0.2, 0.25) is 0 Å². The van der Waals surface area contributed by atoms with Gasteiger partial charge >= 0.3 is 0 Å². The van der Waals surface area contributed by atoms with E-state index in [4.69, 9.17) is 33.7 Å². The molecule has 0 fully saturated rings. The van der Waals surface area contributed by atoms with E-state index >= 15 is 0 Å². The van der Waals surface area contributed by atoms with Gasteiger partial charge in [0.05, 0.1) is 5.69 Å². The molecule has 0 amide bonds. The number of ether oxygens (including phenoxy) is 1. The van der Waals surface area contributed by atoms with Crippen molar-refractivity contribution in [2.24, 2.45) is 12.8 Å². The minimum absolute atomic E-state index is 0.0366. The molecule has 1 aromatic carbocycles. The number of hydrogen-bond acceptors (Lipinski definition) is 3. The molecule has 2 N–H and O–H groups in total. The fourth-order valence-corrected chi connectivity index (χ4v) is 2.61. The van der Waals surface area contributed by atoms with Gasteiger partial charge in [0.25, 0.3) is 0 Å². The molecule has 4 nitrogen and oxygen atoms in total. The van der Waals surface area contributed by atoms with E-state index in [1.54, 1.807) is 10.7 Å². The molecule has 114 valence electrons. The molecule has 1 unspecified atom stereocenters. The van der Waals surface area contributed by atoms with Crippen molar-refractivity contribution in [3.05, 3.63) is 45.2 Å². The van der Waals surface area contributed by atoms with Crippen LogP contribution in [-0.2, 0) is 20.1 Å². The highest BCUT2D eigenvalue weighted by molar-refractivity contribution is 6.30. The third-order valence-electron chi connectivity index (χ3n) is 3.21. The third kappa shape index (κ3) is 3.90. The summed E-state index contributed by atoms with van der Waals surface area (Å²) in [7, 11) is 1.81. The average molecular weight is 328 g/mol. The first-order valence-electron chi connectivity index (χ1n) is 6.73. The number of halogens is 2. The van der Waals surface area contributed by atoms with Gasteiger partial charge in [0.15, 0.2) is 0 Å². The number of nitrogens with two attached hydrogens (primary N) is 1. The Hall–Kier alpha value is -1.23. The van der Waals surface area contributed by atoms with Gasteiger partial charge in [-0.05, 0) is 44.0 Å². The van der Waals surface area contributed by atoms with Crippen molar-refractivity contribution in [1.82, 2.24) is 9.78 Å². The smallest absolute Gasteiger partial charge is 0.133 e. The topological polar surface area (TPSA) is 53.1 Å². The molecule has 0 aliphatic carbocycles. The molecule has 0 spiro atoms. The van der Waals surface area contributed by atoms with Crippen molar-refractivity contribution in [2.45, 2.75) is 32.9 Å². The lowest BCUT2D eigenvalue weighted by atomic mass is 10.1. The zero-order valence-electron chi connectivity index (χ0n) is 12.4. The van der Waals surface area contributed by atoms with E-state index in [0.717, 1.165) is 22.6 Å². The molecule has 0 radical (unpaired) electrons. The number of aryl methyl sites for hydroxylation is 2. The summed E-state index contributed by atoms with van der Waals surface area (Å²) < 4.78 is 7.54. The van der Waals surface area contributed by atoms with Crippen LogP contribution in [0.25, 0.3) is 0 Å². The van der Waals surface area contributed by atoms with Crippen LogP contribution >= 0.6 is 23.2 Å². The van der Waals surface area contributed by atoms with E-state index in [2.05, 4.69) is 5.10 Å². The van der Waals surface area contributed by atoms with E-state index in [1.165, 1.54) is 0 Å². The molecule has 6 heteroatoms. The average Bonchev–Trinajstić information content (AvgIpc) is 2.62. The van der Waals surface area contributed by atoms with Gasteiger partial charge in [-0.2, -0.15) is 5.10 Å². The summed E-state index contributed by atoms with van der Waals surface area (Å²) in [4.78, 5) is 0. The van der Waals surface area contributed by atoms with Crippen molar-refractivity contribution in [3.63, 3.8) is 0 Å². The van der Waals surface area contributed by atoms with Crippen molar-refractivity contribution in [3.8, 4) is 5.75 Å². The van der Waals surface area contributed by atoms with Crippen LogP contribution in [-0.4, -0.2) is 15.8 Å². The Balaban J connectivity index is 2.19. The molecule has 21 heavy (non-hydrogen) atoms. The van der Waals surface area contributed by atoms with Crippen LogP contribution in [0, 0.1) is 6.92 Å². The molecule has 0 aliphatic heterocycles. The lowest BCUT2D eigenvalue weighted by molar-refractivity contribution is 0.301. The van der Waals surface area contributed by atoms with Gasteiger partial charge in [0, 0.05) is 23.7 Å². The van der Waals surface area contributed by atoms with Crippen LogP contribution in [0.5, 0.6) is 5.75 Å². The van der Waals surface area contributed by atoms with Crippen molar-refractivity contribution in [2.75, 3.05) is 0 Å². The lowest BCUT2D eigenvalue weighted by Gasteiger charge is -2.13. The largest absolute Gasteiger partial charge is 0.488 e.